The lowest BCUT2D eigenvalue weighted by atomic mass is 9.12. The first-order valence-electron chi connectivity index (χ1n) is 20.8. The Bertz CT molecular complexity index is 2900. The van der Waals surface area contributed by atoms with E-state index in [0.717, 1.165) is 16.8 Å². The minimum absolute atomic E-state index is 0.104. The summed E-state index contributed by atoms with van der Waals surface area (Å²) in [6, 6.07) is 18.3. The van der Waals surface area contributed by atoms with E-state index in [1.165, 1.54) is 37.7 Å². The van der Waals surface area contributed by atoms with Crippen LogP contribution >= 0.6 is 0 Å². The predicted molar refractivity (Wildman–Crippen MR) is 216 cm³/mol. The lowest BCUT2D eigenvalue weighted by Gasteiger charge is -2.44. The van der Waals surface area contributed by atoms with Crippen LogP contribution in [0.25, 0.3) is 11.3 Å². The highest BCUT2D eigenvalue weighted by atomic mass is 19.2. The lowest BCUT2D eigenvalue weighted by Crippen LogP contribution is -2.81. The third kappa shape index (κ3) is 8.70. The summed E-state index contributed by atoms with van der Waals surface area (Å²) in [5, 5.41) is 0. The van der Waals surface area contributed by atoms with Crippen molar-refractivity contribution in [3.05, 3.63) is 201 Å². The summed E-state index contributed by atoms with van der Waals surface area (Å²) < 4.78 is 296. The van der Waals surface area contributed by atoms with Gasteiger partial charge >= 0.3 is 0 Å². The van der Waals surface area contributed by atoms with Crippen molar-refractivity contribution in [1.29, 1.82) is 0 Å². The van der Waals surface area contributed by atoms with E-state index < -0.39 is 144 Å². The van der Waals surface area contributed by atoms with Crippen LogP contribution in [0, 0.1) is 116 Å². The minimum atomic E-state index is -7.22. The van der Waals surface area contributed by atoms with Crippen molar-refractivity contribution in [3.8, 4) is 11.3 Å². The van der Waals surface area contributed by atoms with Gasteiger partial charge in [0.2, 0.25) is 18.0 Å². The highest BCUT2D eigenvalue weighted by molar-refractivity contribution is 7.20. The maximum absolute atomic E-state index is 15.4. The summed E-state index contributed by atoms with van der Waals surface area (Å²) in [7, 11) is 0. The molecule has 1 saturated carbocycles. The zero-order valence-electron chi connectivity index (χ0n) is 35.7. The molecule has 3 nitrogen and oxygen atoms in total. The van der Waals surface area contributed by atoms with Crippen molar-refractivity contribution >= 4 is 33.8 Å². The molecule has 0 atom stereocenters. The fourth-order valence-electron chi connectivity index (χ4n) is 8.87. The Morgan fingerprint density at radius 1 is 0.444 bits per heavy atom. The molecule has 0 saturated heterocycles. The van der Waals surface area contributed by atoms with Crippen LogP contribution in [0.3, 0.4) is 0 Å². The average Bonchev–Trinajstić information content (AvgIpc) is 3.39. The summed E-state index contributed by atoms with van der Waals surface area (Å²) in [6.07, 6.45) is 4.91. The largest absolute Gasteiger partial charge is 0.287 e. The molecule has 1 heterocycles. The molecule has 8 rings (SSSR count). The molecule has 0 spiro atoms. The molecule has 376 valence electrons. The predicted octanol–water partition coefficient (Wildman–Crippen LogP) is 10.8. The number of hydrogen-bond donors (Lipinski definition) is 0. The molecule has 0 unspecified atom stereocenters. The molecule has 7 aromatic rings. The molecule has 1 fully saturated rings. The van der Waals surface area contributed by atoms with E-state index in [2.05, 4.69) is 29.2 Å². The van der Waals surface area contributed by atoms with Crippen molar-refractivity contribution in [2.24, 2.45) is 0 Å². The van der Waals surface area contributed by atoms with Crippen LogP contribution in [-0.2, 0) is 6.54 Å². The van der Waals surface area contributed by atoms with E-state index in [-0.39, 0.29) is 5.78 Å². The quantitative estimate of drug-likeness (QED) is 0.0361. The second kappa shape index (κ2) is 20.5. The molecule has 6 aromatic carbocycles. The van der Waals surface area contributed by atoms with E-state index in [9.17, 15) is 57.5 Å². The van der Waals surface area contributed by atoms with E-state index >= 15 is 35.1 Å². The summed E-state index contributed by atoms with van der Waals surface area (Å²) in [5.41, 5.74) is -10.1. The number of Topliss-reactive ketones (excluding diaryl/α,β-unsaturated/α-hetero) is 1. The average molecular weight is 1040 g/mol. The molecule has 0 bridgehead atoms. The smallest absolute Gasteiger partial charge is 0.231 e. The van der Waals surface area contributed by atoms with Crippen LogP contribution in [0.2, 0.25) is 0 Å². The molecular weight excluding hydrogens is 1010 g/mol. The maximum Gasteiger partial charge on any atom is 0.231 e. The van der Waals surface area contributed by atoms with Crippen LogP contribution in [0.1, 0.15) is 53.9 Å². The standard InChI is InChI=1S/C24BF20.C24H25N2O/c26-5-1(6(27)14(35)21(42)13(5)34)25(2-7(28)15(36)22(43)16(37)8(2)29,3-9(30)17(38)23(44)18(39)10(3)31)4-11(32)19(40)24(45)20(41)12(4)33;27-24(22-9-5-2-6-10-22)18-26-16-15-25-17-23(26)21-13-11-20(12-14-21)19-7-3-1-4-8-19/h;2,5-6,9-17,19H,1,3-4,7-8,18H2/q-1;+1. The Balaban J connectivity index is 0.000000238. The molecule has 1 aliphatic carbocycles. The van der Waals surface area contributed by atoms with Crippen LogP contribution in [-0.4, -0.2) is 16.9 Å². The number of carbonyl (C=O) groups is 1. The molecule has 0 amide bonds. The van der Waals surface area contributed by atoms with Gasteiger partial charge in [-0.1, -0.05) is 61.7 Å². The molecule has 0 radical (unpaired) electrons. The van der Waals surface area contributed by atoms with Crippen molar-refractivity contribution < 1.29 is 97.2 Å². The molecule has 0 aliphatic heterocycles. The zero-order chi connectivity index (χ0) is 52.8. The monoisotopic (exact) mass is 1040 g/mol. The van der Waals surface area contributed by atoms with E-state index in [1.54, 1.807) is 6.20 Å². The molecular formula is C48H25BF20N2O. The first-order chi connectivity index (χ1) is 34.0. The van der Waals surface area contributed by atoms with Gasteiger partial charge in [0.05, 0.1) is 12.4 Å². The number of halogens is 20. The number of aromatic nitrogens is 2. The van der Waals surface area contributed by atoms with Crippen LogP contribution in [0.5, 0.6) is 0 Å². The van der Waals surface area contributed by atoms with Gasteiger partial charge in [0, 0.05) is 11.1 Å². The Hall–Kier alpha value is -7.27. The van der Waals surface area contributed by atoms with E-state index in [4.69, 9.17) is 0 Å². The fraction of sp³-hybridized carbons (Fsp3) is 0.146. The van der Waals surface area contributed by atoms with Crippen molar-refractivity contribution in [1.82, 2.24) is 4.98 Å². The van der Waals surface area contributed by atoms with Gasteiger partial charge < -0.3 is 0 Å². The Morgan fingerprint density at radius 3 is 1.12 bits per heavy atom. The van der Waals surface area contributed by atoms with E-state index in [1.807, 2.05) is 47.3 Å². The number of nitrogens with zero attached hydrogens (tertiary/aromatic N) is 2. The zero-order valence-corrected chi connectivity index (χ0v) is 35.7. The van der Waals surface area contributed by atoms with Crippen LogP contribution in [0.4, 0.5) is 87.8 Å². The van der Waals surface area contributed by atoms with Gasteiger partial charge in [-0.25, -0.2) is 87.8 Å². The second-order valence-corrected chi connectivity index (χ2v) is 16.1. The van der Waals surface area contributed by atoms with Crippen molar-refractivity contribution in [2.45, 2.75) is 44.6 Å². The van der Waals surface area contributed by atoms with Gasteiger partial charge in [-0.15, -0.1) is 21.9 Å². The van der Waals surface area contributed by atoms with Crippen molar-refractivity contribution in [2.75, 3.05) is 0 Å². The molecule has 24 heteroatoms. The fourth-order valence-corrected chi connectivity index (χ4v) is 8.87. The Kier molecular flexibility index (Phi) is 14.9. The normalized spacial score (nSPS) is 13.1. The molecule has 1 aromatic heterocycles. The topological polar surface area (TPSA) is 33.8 Å². The van der Waals surface area contributed by atoms with Gasteiger partial charge in [0.1, 0.15) is 52.7 Å². The molecule has 1 aliphatic rings. The molecule has 72 heavy (non-hydrogen) atoms. The Labute approximate surface area is 391 Å². The highest BCUT2D eigenvalue weighted by Gasteiger charge is 2.52. The summed E-state index contributed by atoms with van der Waals surface area (Å²) >= 11 is 0. The van der Waals surface area contributed by atoms with Gasteiger partial charge in [-0.2, -0.15) is 4.57 Å². The van der Waals surface area contributed by atoms with Gasteiger partial charge in [0.15, 0.2) is 76.0 Å². The third-order valence-corrected chi connectivity index (χ3v) is 12.2. The number of ketones is 1. The van der Waals surface area contributed by atoms with E-state index in [0.29, 0.717) is 12.5 Å². The SMILES string of the molecule is Fc1c(F)c(F)c([B-](c2c(F)c(F)c(F)c(F)c2F)(c2c(F)c(F)c(F)c(F)c2F)c2c(F)c(F)c(F)c(F)c2F)c(F)c1F.O=C(C[n+]1ccncc1-c1ccc(C2CCCCC2)cc1)c1ccccc1. The first kappa shape index (κ1) is 52.6. The summed E-state index contributed by atoms with van der Waals surface area (Å²) in [6.45, 7) is 0.312. The van der Waals surface area contributed by atoms with Gasteiger partial charge in [-0.3, -0.25) is 9.78 Å². The number of benzene rings is 6. The number of rotatable bonds is 9. The van der Waals surface area contributed by atoms with Gasteiger partial charge in [0.25, 0.3) is 0 Å². The molecule has 0 N–H and O–H groups in total. The van der Waals surface area contributed by atoms with Crippen LogP contribution in [0.15, 0.2) is 73.2 Å². The minimum Gasteiger partial charge on any atom is -0.287 e. The Morgan fingerprint density at radius 2 is 0.778 bits per heavy atom. The number of hydrogen-bond acceptors (Lipinski definition) is 2. The maximum atomic E-state index is 15.4. The first-order valence-corrected chi connectivity index (χ1v) is 20.8. The lowest BCUT2D eigenvalue weighted by molar-refractivity contribution is -0.672. The summed E-state index contributed by atoms with van der Waals surface area (Å²) in [5.74, 6) is -70.6. The second-order valence-electron chi connectivity index (χ2n) is 16.1. The third-order valence-electron chi connectivity index (χ3n) is 12.2. The van der Waals surface area contributed by atoms with Crippen molar-refractivity contribution in [3.63, 3.8) is 0 Å². The van der Waals surface area contributed by atoms with Crippen LogP contribution < -0.4 is 26.4 Å². The summed E-state index contributed by atoms with van der Waals surface area (Å²) in [4.78, 5) is 16.9. The number of carbonyl (C=O) groups excluding carboxylic acids is 1. The van der Waals surface area contributed by atoms with Gasteiger partial charge in [-0.05, 0) is 36.5 Å². The highest BCUT2D eigenvalue weighted by Crippen LogP contribution is 2.34.